The maximum atomic E-state index is 2.55. The van der Waals surface area contributed by atoms with E-state index in [0.717, 1.165) is 0 Å². The number of benzene rings is 8. The van der Waals surface area contributed by atoms with Crippen LogP contribution in [0.15, 0.2) is 152 Å². The predicted octanol–water partition coefficient (Wildman–Crippen LogP) is 13.1. The fourth-order valence-corrected chi connectivity index (χ4v) is 9.16. The molecule has 3 aliphatic rings. The Kier molecular flexibility index (Phi) is 4.97. The van der Waals surface area contributed by atoms with Gasteiger partial charge in [-0.3, -0.25) is 0 Å². The molecule has 8 aromatic rings. The van der Waals surface area contributed by atoms with Crippen molar-refractivity contribution in [2.45, 2.75) is 19.3 Å². The van der Waals surface area contributed by atoms with E-state index < -0.39 is 0 Å². The summed E-state index contributed by atoms with van der Waals surface area (Å²) in [6, 6.07) is 56.9. The Balaban J connectivity index is 1.22. The molecule has 8 aromatic carbocycles. The minimum Gasteiger partial charge on any atom is -0.309 e. The second kappa shape index (κ2) is 9.12. The minimum atomic E-state index is -0.0742. The van der Waals surface area contributed by atoms with E-state index in [0.29, 0.717) is 0 Å². The fraction of sp³-hybridized carbons (Fsp3) is 0.0638. The molecule has 0 saturated carbocycles. The van der Waals surface area contributed by atoms with Gasteiger partial charge in [-0.2, -0.15) is 0 Å². The lowest BCUT2D eigenvalue weighted by atomic mass is 9.82. The molecule has 0 bridgehead atoms. The van der Waals surface area contributed by atoms with E-state index in [9.17, 15) is 0 Å². The molecule has 48 heavy (non-hydrogen) atoms. The maximum Gasteiger partial charge on any atom is 0.0553 e. The van der Waals surface area contributed by atoms with Crippen LogP contribution >= 0.6 is 0 Å². The lowest BCUT2D eigenvalue weighted by Crippen LogP contribution is -2.17. The first kappa shape index (κ1) is 26.2. The molecule has 224 valence electrons. The number of rotatable bonds is 2. The molecule has 0 fully saturated rings. The molecule has 1 heterocycles. The largest absolute Gasteiger partial charge is 0.309 e. The van der Waals surface area contributed by atoms with Crippen LogP contribution in [0.1, 0.15) is 25.0 Å². The van der Waals surface area contributed by atoms with E-state index in [1.54, 1.807) is 0 Å². The quantitative estimate of drug-likeness (QED) is 0.188. The van der Waals surface area contributed by atoms with Gasteiger partial charge in [0.25, 0.3) is 0 Å². The smallest absolute Gasteiger partial charge is 0.0553 e. The normalized spacial score (nSPS) is 14.2. The lowest BCUT2D eigenvalue weighted by Gasteiger charge is -2.35. The lowest BCUT2D eigenvalue weighted by molar-refractivity contribution is 0.660. The first-order valence-corrected chi connectivity index (χ1v) is 16.9. The van der Waals surface area contributed by atoms with Crippen molar-refractivity contribution in [3.8, 4) is 55.6 Å². The third kappa shape index (κ3) is 3.26. The van der Waals surface area contributed by atoms with E-state index in [1.165, 1.54) is 105 Å². The van der Waals surface area contributed by atoms with Crippen molar-refractivity contribution in [1.82, 2.24) is 0 Å². The highest BCUT2D eigenvalue weighted by Crippen LogP contribution is 2.58. The van der Waals surface area contributed by atoms with Crippen LogP contribution in [0.2, 0.25) is 0 Å². The molecule has 0 spiro atoms. The van der Waals surface area contributed by atoms with Gasteiger partial charge in [-0.15, -0.1) is 0 Å². The zero-order valence-electron chi connectivity index (χ0n) is 26.9. The summed E-state index contributed by atoms with van der Waals surface area (Å²) in [4.78, 5) is 2.55. The first-order valence-electron chi connectivity index (χ1n) is 16.9. The summed E-state index contributed by atoms with van der Waals surface area (Å²) in [5, 5.41) is 5.23. The van der Waals surface area contributed by atoms with Gasteiger partial charge in [0.05, 0.1) is 17.1 Å². The van der Waals surface area contributed by atoms with Crippen LogP contribution < -0.4 is 4.90 Å². The Hall–Kier alpha value is -5.92. The van der Waals surface area contributed by atoms with Crippen molar-refractivity contribution in [1.29, 1.82) is 0 Å². The van der Waals surface area contributed by atoms with Crippen molar-refractivity contribution in [2.75, 3.05) is 4.90 Å². The summed E-state index contributed by atoms with van der Waals surface area (Å²) in [6.07, 6.45) is 0. The molecule has 1 nitrogen and oxygen atoms in total. The van der Waals surface area contributed by atoms with Gasteiger partial charge < -0.3 is 4.90 Å². The first-order chi connectivity index (χ1) is 23.6. The van der Waals surface area contributed by atoms with E-state index in [2.05, 4.69) is 170 Å². The average molecular weight is 610 g/mol. The van der Waals surface area contributed by atoms with Gasteiger partial charge in [-0.25, -0.2) is 0 Å². The second-order valence-corrected chi connectivity index (χ2v) is 14.1. The average Bonchev–Trinajstić information content (AvgIpc) is 3.58. The Morgan fingerprint density at radius 3 is 1.71 bits per heavy atom. The van der Waals surface area contributed by atoms with Gasteiger partial charge in [-0.1, -0.05) is 129 Å². The molecule has 0 aromatic heterocycles. The molecule has 0 N–H and O–H groups in total. The van der Waals surface area contributed by atoms with Gasteiger partial charge in [0.15, 0.2) is 0 Å². The van der Waals surface area contributed by atoms with Crippen LogP contribution in [-0.4, -0.2) is 0 Å². The third-order valence-corrected chi connectivity index (χ3v) is 11.3. The Morgan fingerprint density at radius 1 is 0.375 bits per heavy atom. The predicted molar refractivity (Wildman–Crippen MR) is 203 cm³/mol. The minimum absolute atomic E-state index is 0.0742. The Bertz CT molecular complexity index is 2710. The van der Waals surface area contributed by atoms with Gasteiger partial charge in [0.2, 0.25) is 0 Å². The Labute approximate surface area is 280 Å². The third-order valence-electron chi connectivity index (χ3n) is 11.3. The van der Waals surface area contributed by atoms with Gasteiger partial charge in [0.1, 0.15) is 0 Å². The van der Waals surface area contributed by atoms with E-state index in [-0.39, 0.29) is 5.41 Å². The zero-order valence-corrected chi connectivity index (χ0v) is 26.9. The zero-order chi connectivity index (χ0) is 31.7. The second-order valence-electron chi connectivity index (χ2n) is 14.1. The van der Waals surface area contributed by atoms with E-state index in [4.69, 9.17) is 0 Å². The number of para-hydroxylation sites is 1. The van der Waals surface area contributed by atoms with Crippen LogP contribution in [0, 0.1) is 0 Å². The molecule has 0 saturated heterocycles. The van der Waals surface area contributed by atoms with Gasteiger partial charge >= 0.3 is 0 Å². The molecule has 1 aliphatic heterocycles. The van der Waals surface area contributed by atoms with Crippen LogP contribution in [0.3, 0.4) is 0 Å². The molecular weight excluding hydrogens is 579 g/mol. The Morgan fingerprint density at radius 2 is 0.917 bits per heavy atom. The van der Waals surface area contributed by atoms with Crippen LogP contribution in [0.4, 0.5) is 17.1 Å². The molecule has 1 heteroatoms. The topological polar surface area (TPSA) is 3.24 Å². The van der Waals surface area contributed by atoms with Gasteiger partial charge in [0, 0.05) is 21.9 Å². The number of fused-ring (bicyclic) bond motifs is 8. The molecule has 2 aliphatic carbocycles. The highest BCUT2D eigenvalue weighted by atomic mass is 15.2. The summed E-state index contributed by atoms with van der Waals surface area (Å²) in [6.45, 7) is 4.74. The maximum absolute atomic E-state index is 2.55. The summed E-state index contributed by atoms with van der Waals surface area (Å²) in [5.41, 5.74) is 19.5. The highest BCUT2D eigenvalue weighted by molar-refractivity contribution is 6.18. The number of nitrogens with zero attached hydrogens (tertiary/aromatic N) is 1. The van der Waals surface area contributed by atoms with Crippen LogP contribution in [0.25, 0.3) is 77.2 Å². The molecular formula is C47H31N. The summed E-state index contributed by atoms with van der Waals surface area (Å²) < 4.78 is 0. The molecule has 0 unspecified atom stereocenters. The molecule has 0 amide bonds. The van der Waals surface area contributed by atoms with E-state index >= 15 is 0 Å². The van der Waals surface area contributed by atoms with Crippen LogP contribution in [-0.2, 0) is 5.41 Å². The molecule has 0 radical (unpaired) electrons. The monoisotopic (exact) mass is 609 g/mol. The number of anilines is 3. The fourth-order valence-electron chi connectivity index (χ4n) is 9.16. The van der Waals surface area contributed by atoms with Crippen molar-refractivity contribution < 1.29 is 0 Å². The van der Waals surface area contributed by atoms with Gasteiger partial charge in [-0.05, 0) is 108 Å². The van der Waals surface area contributed by atoms with E-state index in [1.807, 2.05) is 0 Å². The van der Waals surface area contributed by atoms with Crippen molar-refractivity contribution in [3.63, 3.8) is 0 Å². The summed E-state index contributed by atoms with van der Waals surface area (Å²) in [7, 11) is 0. The molecule has 11 rings (SSSR count). The number of hydrogen-bond acceptors (Lipinski definition) is 1. The summed E-state index contributed by atoms with van der Waals surface area (Å²) >= 11 is 0. The SMILES string of the molecule is CC1(C)c2ccccc2-c2c(N3c4ccccc4-c4cccc5cc(-c6cc7c8c(cccc8c6)-c6ccccc6-7)cc3c45)cccc21. The number of hydrogen-bond donors (Lipinski definition) is 0. The summed E-state index contributed by atoms with van der Waals surface area (Å²) in [5.74, 6) is 0. The standard InChI is InChI=1S/C47H31N/c1-47(2)39-20-7-5-17-37(39)46-40(47)21-11-23-42(46)48-41-22-8-6-16-34(41)36-19-10-13-29-25-31(27-43(48)45(29)36)30-24-28-12-9-18-35-32-14-3-4-15-33(32)38(26-30)44(28)35/h3-27H,1-2H3. The highest BCUT2D eigenvalue weighted by Gasteiger charge is 2.39. The molecule has 0 atom stereocenters. The van der Waals surface area contributed by atoms with Crippen molar-refractivity contribution in [3.05, 3.63) is 163 Å². The van der Waals surface area contributed by atoms with Crippen molar-refractivity contribution >= 4 is 38.6 Å². The van der Waals surface area contributed by atoms with Crippen molar-refractivity contribution in [2.24, 2.45) is 0 Å². The van der Waals surface area contributed by atoms with Crippen LogP contribution in [0.5, 0.6) is 0 Å².